The second-order valence-corrected chi connectivity index (χ2v) is 6.97. The Labute approximate surface area is 138 Å². The Kier molecular flexibility index (Phi) is 4.11. The number of rotatable bonds is 3. The standard InChI is InChI=1S/C18H24BNO3/c1-6-21-15-9-10-20-16-8-7-14(11-13(16)12-15)19-22-17(2,3)18(4,5)23-19/h7-8,10-12H,6,9H2,1-5H3. The normalized spacial score (nSPS) is 21.6. The van der Waals surface area contributed by atoms with Crippen LogP contribution in [0.15, 0.2) is 29.0 Å². The van der Waals surface area contributed by atoms with Gasteiger partial charge in [-0.15, -0.1) is 0 Å². The predicted molar refractivity (Wildman–Crippen MR) is 94.5 cm³/mol. The van der Waals surface area contributed by atoms with Gasteiger partial charge >= 0.3 is 7.12 Å². The number of benzene rings is 1. The molecule has 0 atom stereocenters. The van der Waals surface area contributed by atoms with E-state index in [2.05, 4.69) is 44.8 Å². The first kappa shape index (κ1) is 16.3. The molecule has 0 spiro atoms. The first-order chi connectivity index (χ1) is 10.8. The molecule has 5 heteroatoms. The summed E-state index contributed by atoms with van der Waals surface area (Å²) in [7, 11) is -0.360. The summed E-state index contributed by atoms with van der Waals surface area (Å²) in [5.41, 5.74) is 2.31. The first-order valence-electron chi connectivity index (χ1n) is 8.18. The van der Waals surface area contributed by atoms with Crippen molar-refractivity contribution in [2.45, 2.75) is 52.2 Å². The van der Waals surface area contributed by atoms with Gasteiger partial charge in [0.05, 0.1) is 23.5 Å². The van der Waals surface area contributed by atoms with Crippen molar-refractivity contribution in [3.8, 4) is 0 Å². The predicted octanol–water partition coefficient (Wildman–Crippen LogP) is 3.47. The molecule has 0 saturated carbocycles. The van der Waals surface area contributed by atoms with Gasteiger partial charge in [-0.3, -0.25) is 4.99 Å². The Balaban J connectivity index is 1.93. The molecule has 0 unspecified atom stereocenters. The van der Waals surface area contributed by atoms with Gasteiger partial charge in [0.2, 0.25) is 0 Å². The maximum atomic E-state index is 6.13. The highest BCUT2D eigenvalue weighted by Crippen LogP contribution is 2.37. The summed E-state index contributed by atoms with van der Waals surface area (Å²) in [6, 6.07) is 6.12. The third-order valence-electron chi connectivity index (χ3n) is 4.75. The van der Waals surface area contributed by atoms with E-state index in [1.807, 2.05) is 25.3 Å². The van der Waals surface area contributed by atoms with Gasteiger partial charge in [-0.2, -0.15) is 0 Å². The molecule has 0 radical (unpaired) electrons. The minimum absolute atomic E-state index is 0.338. The van der Waals surface area contributed by atoms with Crippen molar-refractivity contribution in [1.29, 1.82) is 0 Å². The van der Waals surface area contributed by atoms with Crippen LogP contribution in [0.3, 0.4) is 0 Å². The lowest BCUT2D eigenvalue weighted by Gasteiger charge is -2.32. The van der Waals surface area contributed by atoms with Crippen LogP contribution in [-0.4, -0.2) is 31.1 Å². The summed E-state index contributed by atoms with van der Waals surface area (Å²) in [5, 5.41) is 0. The number of hydrogen-bond donors (Lipinski definition) is 0. The molecule has 0 bridgehead atoms. The molecule has 23 heavy (non-hydrogen) atoms. The van der Waals surface area contributed by atoms with Gasteiger partial charge < -0.3 is 14.0 Å². The Morgan fingerprint density at radius 3 is 2.52 bits per heavy atom. The molecule has 0 aliphatic carbocycles. The Morgan fingerprint density at radius 2 is 1.87 bits per heavy atom. The fourth-order valence-corrected chi connectivity index (χ4v) is 2.68. The molecular weight excluding hydrogens is 289 g/mol. The average Bonchev–Trinajstić information content (AvgIpc) is 2.62. The van der Waals surface area contributed by atoms with Gasteiger partial charge in [0.1, 0.15) is 5.76 Å². The number of hydrogen-bond acceptors (Lipinski definition) is 4. The zero-order valence-corrected chi connectivity index (χ0v) is 14.6. The number of ether oxygens (including phenoxy) is 1. The van der Waals surface area contributed by atoms with Crippen LogP contribution in [0, 0.1) is 0 Å². The molecule has 1 aromatic carbocycles. The highest BCUT2D eigenvalue weighted by Gasteiger charge is 2.51. The largest absolute Gasteiger partial charge is 0.498 e. The van der Waals surface area contributed by atoms with E-state index in [1.54, 1.807) is 0 Å². The van der Waals surface area contributed by atoms with Gasteiger partial charge in [-0.05, 0) is 52.2 Å². The zero-order chi connectivity index (χ0) is 16.7. The number of fused-ring (bicyclic) bond motifs is 1. The van der Waals surface area contributed by atoms with Crippen molar-refractivity contribution >= 4 is 30.6 Å². The van der Waals surface area contributed by atoms with Crippen LogP contribution in [0.4, 0.5) is 5.69 Å². The van der Waals surface area contributed by atoms with Gasteiger partial charge in [-0.1, -0.05) is 12.1 Å². The SMILES string of the molecule is CCOC1=Cc2cc(B3OC(C)(C)C(C)(C)O3)ccc2N=CC1. The van der Waals surface area contributed by atoms with Crippen LogP contribution >= 0.6 is 0 Å². The molecule has 0 amide bonds. The van der Waals surface area contributed by atoms with Crippen LogP contribution in [0.2, 0.25) is 0 Å². The van der Waals surface area contributed by atoms with Crippen molar-refractivity contribution in [2.75, 3.05) is 6.61 Å². The maximum absolute atomic E-state index is 6.13. The van der Waals surface area contributed by atoms with Crippen LogP contribution in [0.5, 0.6) is 0 Å². The molecule has 4 nitrogen and oxygen atoms in total. The topological polar surface area (TPSA) is 40.0 Å². The van der Waals surface area contributed by atoms with E-state index in [-0.39, 0.29) is 18.3 Å². The minimum Gasteiger partial charge on any atom is -0.498 e. The number of allylic oxidation sites excluding steroid dienone is 1. The van der Waals surface area contributed by atoms with Gasteiger partial charge in [-0.25, -0.2) is 0 Å². The van der Waals surface area contributed by atoms with E-state index in [0.29, 0.717) is 13.0 Å². The highest BCUT2D eigenvalue weighted by molar-refractivity contribution is 6.62. The van der Waals surface area contributed by atoms with E-state index in [0.717, 1.165) is 22.5 Å². The third kappa shape index (κ3) is 3.08. The van der Waals surface area contributed by atoms with Gasteiger partial charge in [0.25, 0.3) is 0 Å². The molecule has 2 aliphatic heterocycles. The number of nitrogens with zero attached hydrogens (tertiary/aromatic N) is 1. The molecule has 0 aromatic heterocycles. The summed E-state index contributed by atoms with van der Waals surface area (Å²) in [5.74, 6) is 0.932. The molecule has 0 N–H and O–H groups in total. The van der Waals surface area contributed by atoms with Crippen molar-refractivity contribution in [3.05, 3.63) is 29.5 Å². The Morgan fingerprint density at radius 1 is 1.17 bits per heavy atom. The summed E-state index contributed by atoms with van der Waals surface area (Å²) >= 11 is 0. The molecule has 2 heterocycles. The highest BCUT2D eigenvalue weighted by atomic mass is 16.7. The smallest absolute Gasteiger partial charge is 0.494 e. The third-order valence-corrected chi connectivity index (χ3v) is 4.75. The maximum Gasteiger partial charge on any atom is 0.494 e. The Bertz CT molecular complexity index is 648. The molecule has 1 fully saturated rings. The molecule has 122 valence electrons. The second-order valence-electron chi connectivity index (χ2n) is 6.97. The zero-order valence-electron chi connectivity index (χ0n) is 14.6. The second kappa shape index (κ2) is 5.80. The lowest BCUT2D eigenvalue weighted by molar-refractivity contribution is 0.00578. The lowest BCUT2D eigenvalue weighted by Crippen LogP contribution is -2.41. The van der Waals surface area contributed by atoms with Crippen molar-refractivity contribution in [2.24, 2.45) is 4.99 Å². The summed E-state index contributed by atoms with van der Waals surface area (Å²) in [4.78, 5) is 4.51. The van der Waals surface area contributed by atoms with Crippen molar-refractivity contribution in [3.63, 3.8) is 0 Å². The average molecular weight is 313 g/mol. The van der Waals surface area contributed by atoms with Crippen molar-refractivity contribution < 1.29 is 14.0 Å². The van der Waals surface area contributed by atoms with Crippen molar-refractivity contribution in [1.82, 2.24) is 0 Å². The van der Waals surface area contributed by atoms with Crippen LogP contribution in [0.25, 0.3) is 6.08 Å². The first-order valence-corrected chi connectivity index (χ1v) is 8.18. The van der Waals surface area contributed by atoms with E-state index >= 15 is 0 Å². The monoisotopic (exact) mass is 313 g/mol. The van der Waals surface area contributed by atoms with Gasteiger partial charge in [0, 0.05) is 18.2 Å². The van der Waals surface area contributed by atoms with Crippen LogP contribution in [0.1, 0.15) is 46.6 Å². The van der Waals surface area contributed by atoms with E-state index < -0.39 is 0 Å². The molecule has 3 rings (SSSR count). The molecule has 1 aromatic rings. The van der Waals surface area contributed by atoms with Crippen LogP contribution < -0.4 is 5.46 Å². The Hall–Kier alpha value is -1.59. The molecule has 2 aliphatic rings. The summed E-state index contributed by atoms with van der Waals surface area (Å²) < 4.78 is 17.9. The van der Waals surface area contributed by atoms with E-state index in [4.69, 9.17) is 14.0 Å². The summed E-state index contributed by atoms with van der Waals surface area (Å²) in [6.07, 6.45) is 4.66. The fourth-order valence-electron chi connectivity index (χ4n) is 2.68. The minimum atomic E-state index is -0.360. The lowest BCUT2D eigenvalue weighted by atomic mass is 9.78. The quantitative estimate of drug-likeness (QED) is 0.802. The van der Waals surface area contributed by atoms with E-state index in [1.165, 1.54) is 0 Å². The summed E-state index contributed by atoms with van der Waals surface area (Å²) in [6.45, 7) is 10.9. The van der Waals surface area contributed by atoms with E-state index in [9.17, 15) is 0 Å². The fraction of sp³-hybridized carbons (Fsp3) is 0.500. The molecular formula is C18H24BNO3. The molecule has 1 saturated heterocycles. The van der Waals surface area contributed by atoms with Crippen LogP contribution in [-0.2, 0) is 14.0 Å². The number of aliphatic imine (C=N–C) groups is 1. The van der Waals surface area contributed by atoms with Gasteiger partial charge in [0.15, 0.2) is 0 Å².